The Kier molecular flexibility index (Phi) is 6.17. The predicted molar refractivity (Wildman–Crippen MR) is 122 cm³/mol. The van der Waals surface area contributed by atoms with Crippen LogP contribution in [0, 0.1) is 46.3 Å². The SMILES string of the molecule is C[C@H](CCCC(C)(C)O)[C@H]1CC[C@H]2[C@@H]3[C@H](O)C[C@@H]4C[C@H](O)CC[C@]4(C)[C@H]3CC[C@]12C. The van der Waals surface area contributed by atoms with Crippen molar-refractivity contribution in [2.45, 2.75) is 123 Å². The first-order valence-corrected chi connectivity index (χ1v) is 13.0. The van der Waals surface area contributed by atoms with Crippen molar-refractivity contribution in [3.63, 3.8) is 0 Å². The van der Waals surface area contributed by atoms with E-state index in [0.29, 0.717) is 40.4 Å². The molecule has 0 unspecified atom stereocenters. The van der Waals surface area contributed by atoms with Crippen molar-refractivity contribution in [1.82, 2.24) is 0 Å². The van der Waals surface area contributed by atoms with Gasteiger partial charge in [-0.3, -0.25) is 0 Å². The second-order valence-corrected chi connectivity index (χ2v) is 13.1. The van der Waals surface area contributed by atoms with E-state index in [4.69, 9.17) is 0 Å². The van der Waals surface area contributed by atoms with Gasteiger partial charge in [-0.15, -0.1) is 0 Å². The fourth-order valence-electron chi connectivity index (χ4n) is 9.23. The topological polar surface area (TPSA) is 60.7 Å². The predicted octanol–water partition coefficient (Wildman–Crippen LogP) is 5.55. The smallest absolute Gasteiger partial charge is 0.0591 e. The Balaban J connectivity index is 1.49. The van der Waals surface area contributed by atoms with Crippen molar-refractivity contribution in [2.24, 2.45) is 46.3 Å². The van der Waals surface area contributed by atoms with Crippen molar-refractivity contribution in [3.8, 4) is 0 Å². The maximum atomic E-state index is 11.4. The summed E-state index contributed by atoms with van der Waals surface area (Å²) in [6.45, 7) is 11.4. The van der Waals surface area contributed by atoms with Gasteiger partial charge in [0.2, 0.25) is 0 Å². The molecule has 0 amide bonds. The van der Waals surface area contributed by atoms with E-state index in [1.165, 1.54) is 32.1 Å². The first kappa shape index (κ1) is 23.1. The Bertz CT molecular complexity index is 612. The third-order valence-electron chi connectivity index (χ3n) is 10.9. The lowest BCUT2D eigenvalue weighted by molar-refractivity contribution is -0.174. The standard InChI is InChI=1S/C27H48O3/c1-17(7-6-12-25(2,3)30)20-8-9-21-24-22(11-14-27(20,21)5)26(4)13-10-19(28)15-18(26)16-23(24)29/h17-24,28-30H,6-16H2,1-5H3/t17-,18+,19-,20-,21+,22+,23-,24+,26+,27-/m1/s1. The van der Waals surface area contributed by atoms with Crippen LogP contribution in [0.2, 0.25) is 0 Å². The molecule has 10 atom stereocenters. The van der Waals surface area contributed by atoms with E-state index in [2.05, 4.69) is 20.8 Å². The first-order valence-electron chi connectivity index (χ1n) is 13.0. The summed E-state index contributed by atoms with van der Waals surface area (Å²) in [4.78, 5) is 0. The molecule has 0 heterocycles. The summed E-state index contributed by atoms with van der Waals surface area (Å²) in [7, 11) is 0. The van der Waals surface area contributed by atoms with Gasteiger partial charge in [0.15, 0.2) is 0 Å². The molecule has 4 rings (SSSR count). The zero-order valence-corrected chi connectivity index (χ0v) is 20.2. The second-order valence-electron chi connectivity index (χ2n) is 13.1. The monoisotopic (exact) mass is 420 g/mol. The summed E-state index contributed by atoms with van der Waals surface area (Å²) in [5.74, 6) is 3.73. The minimum Gasteiger partial charge on any atom is -0.393 e. The van der Waals surface area contributed by atoms with Crippen molar-refractivity contribution < 1.29 is 15.3 Å². The Morgan fingerprint density at radius 1 is 0.933 bits per heavy atom. The summed E-state index contributed by atoms with van der Waals surface area (Å²) in [6, 6.07) is 0. The number of hydrogen-bond acceptors (Lipinski definition) is 3. The van der Waals surface area contributed by atoms with E-state index >= 15 is 0 Å². The summed E-state index contributed by atoms with van der Waals surface area (Å²) in [6.07, 6.45) is 12.0. The quantitative estimate of drug-likeness (QED) is 0.546. The molecule has 0 aromatic heterocycles. The second kappa shape index (κ2) is 8.03. The number of fused-ring (bicyclic) bond motifs is 5. The van der Waals surface area contributed by atoms with Gasteiger partial charge in [0.1, 0.15) is 0 Å². The van der Waals surface area contributed by atoms with E-state index in [1.54, 1.807) is 0 Å². The molecule has 4 fully saturated rings. The molecule has 30 heavy (non-hydrogen) atoms. The lowest BCUT2D eigenvalue weighted by Crippen LogP contribution is -2.58. The zero-order chi connectivity index (χ0) is 21.9. The fraction of sp³-hybridized carbons (Fsp3) is 1.00. The Hall–Kier alpha value is -0.120. The highest BCUT2D eigenvalue weighted by Crippen LogP contribution is 2.68. The first-order chi connectivity index (χ1) is 14.0. The third kappa shape index (κ3) is 3.90. The molecule has 3 nitrogen and oxygen atoms in total. The molecule has 0 spiro atoms. The highest BCUT2D eigenvalue weighted by Gasteiger charge is 2.62. The highest BCUT2D eigenvalue weighted by molar-refractivity contribution is 5.11. The number of aliphatic hydroxyl groups excluding tert-OH is 2. The average Bonchev–Trinajstić information content (AvgIpc) is 2.99. The van der Waals surface area contributed by atoms with Crippen LogP contribution < -0.4 is 0 Å². The Morgan fingerprint density at radius 2 is 1.60 bits per heavy atom. The molecule has 3 heteroatoms. The molecule has 3 N–H and O–H groups in total. The van der Waals surface area contributed by atoms with Gasteiger partial charge >= 0.3 is 0 Å². The molecular weight excluding hydrogens is 372 g/mol. The summed E-state index contributed by atoms with van der Waals surface area (Å²) < 4.78 is 0. The molecule has 0 bridgehead atoms. The van der Waals surface area contributed by atoms with Crippen LogP contribution in [0.4, 0.5) is 0 Å². The highest BCUT2D eigenvalue weighted by atomic mass is 16.3. The normalized spacial score (nSPS) is 49.8. The van der Waals surface area contributed by atoms with E-state index in [-0.39, 0.29) is 12.2 Å². The van der Waals surface area contributed by atoms with Gasteiger partial charge < -0.3 is 15.3 Å². The van der Waals surface area contributed by atoms with Crippen molar-refractivity contribution in [2.75, 3.05) is 0 Å². The summed E-state index contributed by atoms with van der Waals surface area (Å²) in [5.41, 5.74) is 0.139. The Morgan fingerprint density at radius 3 is 2.30 bits per heavy atom. The zero-order valence-electron chi connectivity index (χ0n) is 20.2. The molecule has 0 aromatic rings. The molecule has 0 saturated heterocycles. The molecule has 174 valence electrons. The van der Waals surface area contributed by atoms with Crippen molar-refractivity contribution in [1.29, 1.82) is 0 Å². The van der Waals surface area contributed by atoms with Crippen LogP contribution in [0.1, 0.15) is 105 Å². The van der Waals surface area contributed by atoms with Crippen LogP contribution >= 0.6 is 0 Å². The largest absolute Gasteiger partial charge is 0.393 e. The molecular formula is C27H48O3. The van der Waals surface area contributed by atoms with Gasteiger partial charge in [0.25, 0.3) is 0 Å². The van der Waals surface area contributed by atoms with Gasteiger partial charge in [0, 0.05) is 0 Å². The number of rotatable bonds is 5. The minimum absolute atomic E-state index is 0.152. The van der Waals surface area contributed by atoms with Crippen LogP contribution in [0.5, 0.6) is 0 Å². The van der Waals surface area contributed by atoms with Crippen LogP contribution in [0.25, 0.3) is 0 Å². The Labute approximate surface area is 185 Å². The van der Waals surface area contributed by atoms with Gasteiger partial charge in [-0.2, -0.15) is 0 Å². The molecule has 0 aromatic carbocycles. The maximum absolute atomic E-state index is 11.4. The van der Waals surface area contributed by atoms with E-state index in [9.17, 15) is 15.3 Å². The number of hydrogen-bond donors (Lipinski definition) is 3. The maximum Gasteiger partial charge on any atom is 0.0591 e. The van der Waals surface area contributed by atoms with Crippen LogP contribution in [-0.2, 0) is 0 Å². The molecule has 4 aliphatic carbocycles. The van der Waals surface area contributed by atoms with E-state index in [0.717, 1.165) is 44.4 Å². The van der Waals surface area contributed by atoms with Crippen LogP contribution in [0.15, 0.2) is 0 Å². The van der Waals surface area contributed by atoms with Crippen LogP contribution in [-0.4, -0.2) is 33.1 Å². The molecule has 4 aliphatic rings. The van der Waals surface area contributed by atoms with E-state index < -0.39 is 5.60 Å². The summed E-state index contributed by atoms with van der Waals surface area (Å²) >= 11 is 0. The minimum atomic E-state index is -0.550. The third-order valence-corrected chi connectivity index (χ3v) is 10.9. The van der Waals surface area contributed by atoms with Crippen molar-refractivity contribution >= 4 is 0 Å². The molecule has 0 radical (unpaired) electrons. The van der Waals surface area contributed by atoms with Gasteiger partial charge in [0.05, 0.1) is 17.8 Å². The lowest BCUT2D eigenvalue weighted by atomic mass is 9.43. The lowest BCUT2D eigenvalue weighted by Gasteiger charge is -2.62. The molecule has 0 aliphatic heterocycles. The van der Waals surface area contributed by atoms with Gasteiger partial charge in [-0.1, -0.05) is 33.6 Å². The van der Waals surface area contributed by atoms with Gasteiger partial charge in [-0.05, 0) is 118 Å². The molecule has 4 saturated carbocycles. The average molecular weight is 421 g/mol. The number of aliphatic hydroxyl groups is 3. The van der Waals surface area contributed by atoms with E-state index in [1.807, 2.05) is 13.8 Å². The van der Waals surface area contributed by atoms with Crippen LogP contribution in [0.3, 0.4) is 0 Å². The van der Waals surface area contributed by atoms with Gasteiger partial charge in [-0.25, -0.2) is 0 Å². The fourth-order valence-corrected chi connectivity index (χ4v) is 9.23. The summed E-state index contributed by atoms with van der Waals surface area (Å²) in [5, 5.41) is 31.7. The van der Waals surface area contributed by atoms with Crippen molar-refractivity contribution in [3.05, 3.63) is 0 Å².